The van der Waals surface area contributed by atoms with Crippen LogP contribution >= 0.6 is 0 Å². The summed E-state index contributed by atoms with van der Waals surface area (Å²) in [6.45, 7) is 2.77. The highest BCUT2D eigenvalue weighted by atomic mass is 16.7. The molecule has 15 nitrogen and oxygen atoms in total. The third kappa shape index (κ3) is 7.22. The smallest absolute Gasteiger partial charge is 0.220 e. The van der Waals surface area contributed by atoms with Gasteiger partial charge in [0.2, 0.25) is 6.29 Å². The fourth-order valence-corrected chi connectivity index (χ4v) is 6.08. The van der Waals surface area contributed by atoms with Crippen molar-refractivity contribution >= 4 is 5.96 Å². The molecule has 2 aliphatic heterocycles. The highest BCUT2D eigenvalue weighted by Gasteiger charge is 2.51. The zero-order chi connectivity index (χ0) is 29.2. The van der Waals surface area contributed by atoms with Crippen molar-refractivity contribution in [1.82, 2.24) is 16.0 Å². The molecule has 2 saturated carbocycles. The molecule has 0 aromatic rings. The topological polar surface area (TPSA) is 262 Å². The largest absolute Gasteiger partial charge is 0.466 e. The van der Waals surface area contributed by atoms with Crippen molar-refractivity contribution in [2.45, 2.75) is 105 Å². The van der Waals surface area contributed by atoms with E-state index < -0.39 is 66.8 Å². The van der Waals surface area contributed by atoms with Gasteiger partial charge in [0.15, 0.2) is 12.2 Å². The summed E-state index contributed by atoms with van der Waals surface area (Å²) in [4.78, 5) is 0. The van der Waals surface area contributed by atoms with Crippen LogP contribution in [0.25, 0.3) is 0 Å². The van der Waals surface area contributed by atoms with Crippen LogP contribution in [0, 0.1) is 11.3 Å². The van der Waals surface area contributed by atoms with Gasteiger partial charge in [-0.15, -0.1) is 0 Å². The molecule has 40 heavy (non-hydrogen) atoms. The highest BCUT2D eigenvalue weighted by Crippen LogP contribution is 2.31. The van der Waals surface area contributed by atoms with Crippen LogP contribution in [0.15, 0.2) is 11.8 Å². The maximum Gasteiger partial charge on any atom is 0.220 e. The Labute approximate surface area is 234 Å². The Morgan fingerprint density at radius 1 is 1.10 bits per heavy atom. The summed E-state index contributed by atoms with van der Waals surface area (Å²) in [6, 6.07) is -2.26. The fraction of sp³-hybridized carbons (Fsp3) is 0.880. The number of hydrogen-bond donors (Lipinski definition) is 11. The molecule has 4 aliphatic rings. The quantitative estimate of drug-likeness (QED) is 0.0881. The Kier molecular flexibility index (Phi) is 10.3. The summed E-state index contributed by atoms with van der Waals surface area (Å²) in [5, 5.41) is 49.5. The van der Waals surface area contributed by atoms with E-state index in [1.807, 2.05) is 6.08 Å². The lowest BCUT2D eigenvalue weighted by Crippen LogP contribution is -2.68. The molecule has 230 valence electrons. The number of nitrogens with one attached hydrogen (secondary N) is 4. The van der Waals surface area contributed by atoms with E-state index in [0.717, 1.165) is 19.4 Å². The summed E-state index contributed by atoms with van der Waals surface area (Å²) >= 11 is 0. The van der Waals surface area contributed by atoms with Crippen molar-refractivity contribution in [1.29, 1.82) is 5.41 Å². The zero-order valence-electron chi connectivity index (χ0n) is 23.2. The molecule has 0 aromatic heterocycles. The van der Waals surface area contributed by atoms with Gasteiger partial charge in [0.05, 0.1) is 25.2 Å². The van der Waals surface area contributed by atoms with Gasteiger partial charge in [-0.05, 0) is 58.2 Å². The van der Waals surface area contributed by atoms with Gasteiger partial charge in [0.1, 0.15) is 35.8 Å². The molecule has 2 heterocycles. The first-order valence-electron chi connectivity index (χ1n) is 14.0. The molecule has 11 atom stereocenters. The number of ether oxygens (including phenoxy) is 4. The van der Waals surface area contributed by atoms with Gasteiger partial charge in [0, 0.05) is 18.1 Å². The van der Waals surface area contributed by atoms with Crippen LogP contribution in [0.1, 0.15) is 32.6 Å². The van der Waals surface area contributed by atoms with Gasteiger partial charge in [-0.25, -0.2) is 0 Å². The molecule has 15 N–H and O–H groups in total. The van der Waals surface area contributed by atoms with Crippen molar-refractivity contribution in [3.63, 3.8) is 0 Å². The minimum Gasteiger partial charge on any atom is -0.466 e. The first-order chi connectivity index (χ1) is 18.9. The second-order valence-electron chi connectivity index (χ2n) is 11.8. The third-order valence-corrected chi connectivity index (χ3v) is 8.33. The average molecular weight is 573 g/mol. The van der Waals surface area contributed by atoms with E-state index in [0.29, 0.717) is 24.6 Å². The molecule has 0 aromatic carbocycles. The summed E-state index contributed by atoms with van der Waals surface area (Å²) in [6.07, 6.45) is -1.87. The predicted molar refractivity (Wildman–Crippen MR) is 146 cm³/mol. The molecular formula is C25H48N8O7. The highest BCUT2D eigenvalue weighted by molar-refractivity contribution is 5.74. The van der Waals surface area contributed by atoms with E-state index in [1.165, 1.54) is 0 Å². The van der Waals surface area contributed by atoms with Gasteiger partial charge in [0.25, 0.3) is 0 Å². The molecule has 3 fully saturated rings. The van der Waals surface area contributed by atoms with E-state index in [-0.39, 0.29) is 25.0 Å². The molecule has 0 radical (unpaired) electrons. The summed E-state index contributed by atoms with van der Waals surface area (Å²) in [5.41, 5.74) is 22.9. The van der Waals surface area contributed by atoms with Gasteiger partial charge in [-0.1, -0.05) is 0 Å². The number of likely N-dealkylation sites (N-methyl/N-ethyl adjacent to an activating group) is 1. The number of aliphatic hydroxyl groups is 3. The lowest BCUT2D eigenvalue weighted by atomic mass is 9.81. The number of nitrogens with two attached hydrogens (primary N) is 4. The Morgan fingerprint density at radius 2 is 1.75 bits per heavy atom. The minimum absolute atomic E-state index is 0.0945. The van der Waals surface area contributed by atoms with Gasteiger partial charge in [-0.3, -0.25) is 5.41 Å². The van der Waals surface area contributed by atoms with Crippen LogP contribution < -0.4 is 38.9 Å². The van der Waals surface area contributed by atoms with Crippen molar-refractivity contribution in [2.75, 3.05) is 26.7 Å². The monoisotopic (exact) mass is 572 g/mol. The zero-order valence-corrected chi connectivity index (χ0v) is 23.2. The standard InChI is InChI=1S/C25H48N8O7/c1-25(36)10-37-23(18(35)21(25)31-2)40-20-15(28)7-14(27)19(17(20)34)39-22-16(33-24(29)30)4-3-13(38-22)9-32-8-11-5-12(26)6-11/h3,11-12,14-23,31-32,34-36H,4-10,26-28H2,1-2H3,(H4,29,30,33)/t11-,12-,14-,15+,16+,17-,18+,19+,20-,21+,22+,23+,25-/m0/s1. The van der Waals surface area contributed by atoms with Crippen LogP contribution in [-0.2, 0) is 18.9 Å². The lowest BCUT2D eigenvalue weighted by Gasteiger charge is -2.48. The Hall–Kier alpha value is -1.63. The van der Waals surface area contributed by atoms with Crippen molar-refractivity contribution in [3.05, 3.63) is 11.8 Å². The van der Waals surface area contributed by atoms with E-state index >= 15 is 0 Å². The summed E-state index contributed by atoms with van der Waals surface area (Å²) in [7, 11) is 1.62. The maximum absolute atomic E-state index is 11.3. The molecular weight excluding hydrogens is 524 g/mol. The van der Waals surface area contributed by atoms with Gasteiger partial charge < -0.3 is 73.2 Å². The minimum atomic E-state index is -1.32. The van der Waals surface area contributed by atoms with Crippen LogP contribution in [0.5, 0.6) is 0 Å². The summed E-state index contributed by atoms with van der Waals surface area (Å²) in [5.74, 6) is 0.979. The predicted octanol–water partition coefficient (Wildman–Crippen LogP) is -3.96. The molecule has 0 bridgehead atoms. The van der Waals surface area contributed by atoms with Crippen LogP contribution in [0.2, 0.25) is 0 Å². The number of hydrogen-bond acceptors (Lipinski definition) is 13. The molecule has 0 amide bonds. The third-order valence-electron chi connectivity index (χ3n) is 8.33. The van der Waals surface area contributed by atoms with Gasteiger partial charge in [-0.2, -0.15) is 0 Å². The Bertz CT molecular complexity index is 891. The molecule has 2 aliphatic carbocycles. The maximum atomic E-state index is 11.3. The van der Waals surface area contributed by atoms with Crippen molar-refractivity contribution < 1.29 is 34.3 Å². The number of aliphatic hydroxyl groups excluding tert-OH is 2. The molecule has 0 unspecified atom stereocenters. The Morgan fingerprint density at radius 3 is 2.35 bits per heavy atom. The lowest BCUT2D eigenvalue weighted by molar-refractivity contribution is -0.303. The molecule has 15 heteroatoms. The molecule has 4 rings (SSSR count). The normalized spacial score (nSPS) is 45.6. The van der Waals surface area contributed by atoms with Crippen molar-refractivity contribution in [2.24, 2.45) is 28.9 Å². The molecule has 0 spiro atoms. The second kappa shape index (κ2) is 13.1. The van der Waals surface area contributed by atoms with Crippen LogP contribution in [0.3, 0.4) is 0 Å². The van der Waals surface area contributed by atoms with Crippen LogP contribution in [0.4, 0.5) is 0 Å². The second-order valence-corrected chi connectivity index (χ2v) is 11.8. The van der Waals surface area contributed by atoms with E-state index in [9.17, 15) is 15.3 Å². The van der Waals surface area contributed by atoms with Crippen LogP contribution in [-0.4, -0.2) is 121 Å². The van der Waals surface area contributed by atoms with E-state index in [4.69, 9.17) is 47.3 Å². The number of rotatable bonds is 10. The first-order valence-corrected chi connectivity index (χ1v) is 14.0. The average Bonchev–Trinajstić information content (AvgIpc) is 2.85. The SMILES string of the molecule is CN[C@@H]1[C@@H](O)[C@@H](O[C@@H]2[C@@H](O)[C@H](O[C@H]3OC(CNC[C@H]4C[C@H](N)C4)=CC[C@H]3NC(=N)N)[C@@H](N)C[C@H]2N)OC[C@]1(C)O. The van der Waals surface area contributed by atoms with Crippen molar-refractivity contribution in [3.8, 4) is 0 Å². The summed E-state index contributed by atoms with van der Waals surface area (Å²) < 4.78 is 24.0. The Balaban J connectivity index is 1.40. The number of guanidine groups is 1. The fourth-order valence-electron chi connectivity index (χ4n) is 6.08. The van der Waals surface area contributed by atoms with Gasteiger partial charge >= 0.3 is 0 Å². The first kappa shape index (κ1) is 31.3. The van der Waals surface area contributed by atoms with E-state index in [1.54, 1.807) is 14.0 Å². The van der Waals surface area contributed by atoms with E-state index in [2.05, 4.69) is 16.0 Å². The molecule has 1 saturated heterocycles.